The van der Waals surface area contributed by atoms with Crippen LogP contribution in [0.1, 0.15) is 44.6 Å². The first-order valence-electron chi connectivity index (χ1n) is 12.5. The molecular formula is C27H37N3O6S. The molecule has 0 bridgehead atoms. The number of sulfonamides is 1. The third kappa shape index (κ3) is 7.61. The van der Waals surface area contributed by atoms with E-state index in [9.17, 15) is 18.0 Å². The molecule has 37 heavy (non-hydrogen) atoms. The van der Waals surface area contributed by atoms with Crippen molar-refractivity contribution in [3.63, 3.8) is 0 Å². The summed E-state index contributed by atoms with van der Waals surface area (Å²) in [5.41, 5.74) is 1.04. The Bertz CT molecular complexity index is 1170. The van der Waals surface area contributed by atoms with Crippen LogP contribution in [0.3, 0.4) is 0 Å². The normalized spacial score (nSPS) is 14.9. The fraction of sp³-hybridized carbons (Fsp3) is 0.481. The number of carbonyl (C=O) groups excluding carboxylic acids is 2. The predicted molar refractivity (Wildman–Crippen MR) is 143 cm³/mol. The number of hydrogen-bond acceptors (Lipinski definition) is 6. The van der Waals surface area contributed by atoms with E-state index in [-0.39, 0.29) is 29.9 Å². The Labute approximate surface area is 219 Å². The van der Waals surface area contributed by atoms with Gasteiger partial charge in [-0.25, -0.2) is 8.42 Å². The minimum absolute atomic E-state index is 0.0912. The summed E-state index contributed by atoms with van der Waals surface area (Å²) in [7, 11) is -0.966. The molecule has 3 rings (SSSR count). The Balaban J connectivity index is 1.90. The third-order valence-electron chi connectivity index (χ3n) is 6.65. The lowest BCUT2D eigenvalue weighted by atomic mass is 9.95. The monoisotopic (exact) mass is 531 g/mol. The quantitative estimate of drug-likeness (QED) is 0.477. The summed E-state index contributed by atoms with van der Waals surface area (Å²) in [6.07, 6.45) is 6.17. The molecule has 1 unspecified atom stereocenters. The summed E-state index contributed by atoms with van der Waals surface area (Å²) in [5, 5.41) is 3.09. The molecule has 1 fully saturated rings. The molecule has 0 spiro atoms. The van der Waals surface area contributed by atoms with Gasteiger partial charge in [-0.3, -0.25) is 13.9 Å². The molecule has 2 amide bonds. The van der Waals surface area contributed by atoms with Crippen LogP contribution in [0.5, 0.6) is 11.5 Å². The Morgan fingerprint density at radius 3 is 2.30 bits per heavy atom. The van der Waals surface area contributed by atoms with Gasteiger partial charge in [0.1, 0.15) is 24.1 Å². The number of benzene rings is 2. The number of nitrogens with one attached hydrogen (secondary N) is 1. The van der Waals surface area contributed by atoms with Gasteiger partial charge in [0.25, 0.3) is 0 Å². The minimum Gasteiger partial charge on any atom is -0.497 e. The fourth-order valence-corrected chi connectivity index (χ4v) is 5.37. The molecule has 2 aromatic carbocycles. The number of hydrogen-bond donors (Lipinski definition) is 1. The maximum Gasteiger partial charge on any atom is 0.244 e. The first-order valence-corrected chi connectivity index (χ1v) is 14.3. The van der Waals surface area contributed by atoms with Crippen molar-refractivity contribution in [2.45, 2.75) is 57.7 Å². The molecule has 1 N–H and O–H groups in total. The maximum absolute atomic E-state index is 13.7. The van der Waals surface area contributed by atoms with Gasteiger partial charge in [-0.05, 0) is 37.5 Å². The molecule has 10 heteroatoms. The smallest absolute Gasteiger partial charge is 0.244 e. The average Bonchev–Trinajstić information content (AvgIpc) is 2.90. The first-order chi connectivity index (χ1) is 17.6. The highest BCUT2D eigenvalue weighted by molar-refractivity contribution is 7.92. The highest BCUT2D eigenvalue weighted by atomic mass is 32.2. The van der Waals surface area contributed by atoms with E-state index in [0.717, 1.165) is 48.2 Å². The van der Waals surface area contributed by atoms with Crippen molar-refractivity contribution in [2.24, 2.45) is 0 Å². The number of rotatable bonds is 11. The standard InChI is InChI=1S/C27H37N3O6S/c1-20(27(32)28-22-13-9-6-10-14-22)29(18-21-11-7-5-8-12-21)26(31)19-30(37(4,33)34)24-16-15-23(35-2)17-25(24)36-3/h5,7-8,11-12,15-17,20,22H,6,9-10,13-14,18-19H2,1-4H3,(H,28,32). The molecular weight excluding hydrogens is 494 g/mol. The van der Waals surface area contributed by atoms with Crippen molar-refractivity contribution < 1.29 is 27.5 Å². The van der Waals surface area contributed by atoms with E-state index in [1.165, 1.54) is 25.2 Å². The number of anilines is 1. The lowest BCUT2D eigenvalue weighted by Crippen LogP contribution is -2.53. The fourth-order valence-electron chi connectivity index (χ4n) is 4.52. The van der Waals surface area contributed by atoms with Crippen molar-refractivity contribution >= 4 is 27.5 Å². The SMILES string of the molecule is COc1ccc(N(CC(=O)N(Cc2ccccc2)C(C)C(=O)NC2CCCCC2)S(C)(=O)=O)c(OC)c1. The van der Waals surface area contributed by atoms with Crippen LogP contribution in [0, 0.1) is 0 Å². The van der Waals surface area contributed by atoms with Crippen molar-refractivity contribution in [2.75, 3.05) is 31.3 Å². The summed E-state index contributed by atoms with van der Waals surface area (Å²) >= 11 is 0. The zero-order chi connectivity index (χ0) is 27.0. The first kappa shape index (κ1) is 28.3. The lowest BCUT2D eigenvalue weighted by molar-refractivity contribution is -0.139. The van der Waals surface area contributed by atoms with Gasteiger partial charge in [-0.1, -0.05) is 49.6 Å². The molecule has 1 aliphatic rings. The van der Waals surface area contributed by atoms with Gasteiger partial charge in [0.05, 0.1) is 26.2 Å². The van der Waals surface area contributed by atoms with Crippen LogP contribution in [-0.4, -0.2) is 64.2 Å². The largest absolute Gasteiger partial charge is 0.497 e. The highest BCUT2D eigenvalue weighted by Crippen LogP contribution is 2.33. The summed E-state index contributed by atoms with van der Waals surface area (Å²) < 4.78 is 37.3. The summed E-state index contributed by atoms with van der Waals surface area (Å²) in [6, 6.07) is 13.3. The van der Waals surface area contributed by atoms with Crippen LogP contribution in [0.15, 0.2) is 48.5 Å². The molecule has 202 valence electrons. The summed E-state index contributed by atoms with van der Waals surface area (Å²) in [6.45, 7) is 1.35. The topological polar surface area (TPSA) is 105 Å². The Morgan fingerprint density at radius 2 is 1.70 bits per heavy atom. The van der Waals surface area contributed by atoms with Crippen molar-refractivity contribution in [3.05, 3.63) is 54.1 Å². The van der Waals surface area contributed by atoms with Crippen molar-refractivity contribution in [3.8, 4) is 11.5 Å². The van der Waals surface area contributed by atoms with Gasteiger partial charge in [0.15, 0.2) is 0 Å². The van der Waals surface area contributed by atoms with E-state index in [1.807, 2.05) is 30.3 Å². The molecule has 0 aliphatic heterocycles. The van der Waals surface area contributed by atoms with E-state index in [1.54, 1.807) is 19.1 Å². The van der Waals surface area contributed by atoms with Crippen LogP contribution < -0.4 is 19.1 Å². The van der Waals surface area contributed by atoms with Crippen LogP contribution in [0.4, 0.5) is 5.69 Å². The van der Waals surface area contributed by atoms with Crippen LogP contribution in [-0.2, 0) is 26.2 Å². The minimum atomic E-state index is -3.88. The molecule has 2 aromatic rings. The van der Waals surface area contributed by atoms with E-state index in [4.69, 9.17) is 9.47 Å². The second kappa shape index (κ2) is 12.8. The van der Waals surface area contributed by atoms with E-state index in [0.29, 0.717) is 5.75 Å². The molecule has 0 heterocycles. The zero-order valence-electron chi connectivity index (χ0n) is 22.0. The van der Waals surface area contributed by atoms with Gasteiger partial charge in [-0.15, -0.1) is 0 Å². The lowest BCUT2D eigenvalue weighted by Gasteiger charge is -2.33. The van der Waals surface area contributed by atoms with Crippen molar-refractivity contribution in [1.82, 2.24) is 10.2 Å². The van der Waals surface area contributed by atoms with Crippen molar-refractivity contribution in [1.29, 1.82) is 0 Å². The number of nitrogens with zero attached hydrogens (tertiary/aromatic N) is 2. The van der Waals surface area contributed by atoms with Gasteiger partial charge in [0, 0.05) is 18.7 Å². The number of amides is 2. The Hall–Kier alpha value is -3.27. The number of methoxy groups -OCH3 is 2. The van der Waals surface area contributed by atoms with Gasteiger partial charge < -0.3 is 19.7 Å². The average molecular weight is 532 g/mol. The van der Waals surface area contributed by atoms with E-state index >= 15 is 0 Å². The van der Waals surface area contributed by atoms with Crippen LogP contribution in [0.2, 0.25) is 0 Å². The maximum atomic E-state index is 13.7. The van der Waals surface area contributed by atoms with Gasteiger partial charge in [0.2, 0.25) is 21.8 Å². The molecule has 0 radical (unpaired) electrons. The molecule has 9 nitrogen and oxygen atoms in total. The van der Waals surface area contributed by atoms with Crippen LogP contribution >= 0.6 is 0 Å². The highest BCUT2D eigenvalue weighted by Gasteiger charge is 2.32. The molecule has 1 saturated carbocycles. The number of ether oxygens (including phenoxy) is 2. The van der Waals surface area contributed by atoms with E-state index < -0.39 is 28.5 Å². The van der Waals surface area contributed by atoms with Gasteiger partial charge in [-0.2, -0.15) is 0 Å². The summed E-state index contributed by atoms with van der Waals surface area (Å²) in [4.78, 5) is 28.3. The second-order valence-electron chi connectivity index (χ2n) is 9.33. The molecule has 0 saturated heterocycles. The zero-order valence-corrected chi connectivity index (χ0v) is 22.8. The molecule has 1 atom stereocenters. The van der Waals surface area contributed by atoms with Gasteiger partial charge >= 0.3 is 0 Å². The number of carbonyl (C=O) groups is 2. The molecule has 1 aliphatic carbocycles. The third-order valence-corrected chi connectivity index (χ3v) is 7.78. The van der Waals surface area contributed by atoms with E-state index in [2.05, 4.69) is 5.32 Å². The predicted octanol–water partition coefficient (Wildman–Crippen LogP) is 3.34. The molecule has 0 aromatic heterocycles. The second-order valence-corrected chi connectivity index (χ2v) is 11.2. The Kier molecular flexibility index (Phi) is 9.79. The van der Waals surface area contributed by atoms with Crippen LogP contribution in [0.25, 0.3) is 0 Å². The Morgan fingerprint density at radius 1 is 1.03 bits per heavy atom. The summed E-state index contributed by atoms with van der Waals surface area (Å²) in [5.74, 6) is -0.0167.